The quantitative estimate of drug-likeness (QED) is 0.168. The summed E-state index contributed by atoms with van der Waals surface area (Å²) >= 11 is 0. The highest BCUT2D eigenvalue weighted by molar-refractivity contribution is 5.83. The van der Waals surface area contributed by atoms with Gasteiger partial charge in [-0.05, 0) is 145 Å². The summed E-state index contributed by atoms with van der Waals surface area (Å²) in [6, 6.07) is 46.8. The molecular weight excluding hydrogens is 677 g/mol. The average molecular weight is 747 g/mol. The van der Waals surface area contributed by atoms with E-state index in [0.29, 0.717) is 5.75 Å². The van der Waals surface area contributed by atoms with Crippen LogP contribution in [-0.2, 0) is 0 Å². The molecular formula is C55H70O. The summed E-state index contributed by atoms with van der Waals surface area (Å²) < 4.78 is 0. The maximum Gasteiger partial charge on any atom is 0.118 e. The molecule has 0 aliphatic rings. The Morgan fingerprint density at radius 1 is 0.482 bits per heavy atom. The first kappa shape index (κ1) is 48.6. The second-order valence-corrected chi connectivity index (χ2v) is 13.2. The Morgan fingerprint density at radius 3 is 1.54 bits per heavy atom. The zero-order valence-electron chi connectivity index (χ0n) is 37.1. The van der Waals surface area contributed by atoms with Gasteiger partial charge in [-0.15, -0.1) is 0 Å². The van der Waals surface area contributed by atoms with E-state index in [-0.39, 0.29) is 0 Å². The zero-order valence-corrected chi connectivity index (χ0v) is 37.1. The molecule has 0 unspecified atom stereocenters. The van der Waals surface area contributed by atoms with Crippen molar-refractivity contribution in [3.63, 3.8) is 0 Å². The maximum absolute atomic E-state index is 9.10. The van der Waals surface area contributed by atoms with E-state index in [0.717, 1.165) is 17.5 Å². The molecule has 6 aromatic rings. The van der Waals surface area contributed by atoms with Crippen molar-refractivity contribution in [1.82, 2.24) is 0 Å². The van der Waals surface area contributed by atoms with E-state index in [2.05, 4.69) is 157 Å². The molecule has 0 atom stereocenters. The summed E-state index contributed by atoms with van der Waals surface area (Å²) in [4.78, 5) is 0. The van der Waals surface area contributed by atoms with Gasteiger partial charge in [0.05, 0.1) is 0 Å². The van der Waals surface area contributed by atoms with Crippen molar-refractivity contribution in [1.29, 1.82) is 0 Å². The molecule has 1 heteroatoms. The molecule has 0 radical (unpaired) electrons. The lowest BCUT2D eigenvalue weighted by atomic mass is 9.89. The first-order valence-electron chi connectivity index (χ1n) is 20.5. The summed E-state index contributed by atoms with van der Waals surface area (Å²) in [7, 11) is 0. The second-order valence-electron chi connectivity index (χ2n) is 13.2. The third-order valence-electron chi connectivity index (χ3n) is 9.22. The molecule has 0 aromatic heterocycles. The first-order valence-corrected chi connectivity index (χ1v) is 20.5. The van der Waals surface area contributed by atoms with E-state index >= 15 is 0 Å². The molecule has 0 amide bonds. The Kier molecular flexibility index (Phi) is 22.9. The van der Waals surface area contributed by atoms with Gasteiger partial charge >= 0.3 is 0 Å². The summed E-state index contributed by atoms with van der Waals surface area (Å²) in [5, 5.41) is 9.10. The predicted molar refractivity (Wildman–Crippen MR) is 253 cm³/mol. The van der Waals surface area contributed by atoms with Crippen molar-refractivity contribution in [2.75, 3.05) is 0 Å². The van der Waals surface area contributed by atoms with Gasteiger partial charge in [0.15, 0.2) is 0 Å². The predicted octanol–water partition coefficient (Wildman–Crippen LogP) is 17.1. The van der Waals surface area contributed by atoms with Crippen molar-refractivity contribution in [2.24, 2.45) is 0 Å². The lowest BCUT2D eigenvalue weighted by Gasteiger charge is -2.15. The lowest BCUT2D eigenvalue weighted by Crippen LogP contribution is -1.93. The molecule has 1 N–H and O–H groups in total. The Hall–Kier alpha value is -5.40. The minimum Gasteiger partial charge on any atom is -0.508 e. The zero-order chi connectivity index (χ0) is 42.2. The third kappa shape index (κ3) is 14.7. The van der Waals surface area contributed by atoms with Crippen LogP contribution in [0.15, 0.2) is 152 Å². The van der Waals surface area contributed by atoms with Crippen molar-refractivity contribution in [3.05, 3.63) is 191 Å². The molecule has 6 aromatic carbocycles. The van der Waals surface area contributed by atoms with Crippen molar-refractivity contribution in [3.8, 4) is 39.1 Å². The number of allylic oxidation sites excluding steroid dienone is 3. The molecule has 0 aliphatic carbocycles. The molecule has 56 heavy (non-hydrogen) atoms. The lowest BCUT2D eigenvalue weighted by molar-refractivity contribution is 0.470. The van der Waals surface area contributed by atoms with Gasteiger partial charge < -0.3 is 5.11 Å². The van der Waals surface area contributed by atoms with Crippen LogP contribution < -0.4 is 0 Å². The van der Waals surface area contributed by atoms with E-state index in [9.17, 15) is 0 Å². The maximum atomic E-state index is 9.10. The van der Waals surface area contributed by atoms with Crippen LogP contribution >= 0.6 is 0 Å². The standard InChI is InChI=1S/C28H30.C13H12.C8H10O.3C2H6/c1-7-19(3)25(8-2)27-17-23(15-13-21(27)5)24-16-14-22(6)28(18-24)26-12-10-9-11-20(26)4;1-11-6-5-9-13(10-11)12-7-3-2-4-8-12;1-6-3-4-7(2)8(9)5-6;3*1-2/h8-18H,2,7H2,1,3-6H3;2-10H,1H3;3-5,9H,1-2H3;3*1-2H3/b25-19+;;;;;. The number of rotatable bonds is 6. The van der Waals surface area contributed by atoms with Crippen LogP contribution in [-0.4, -0.2) is 5.11 Å². The van der Waals surface area contributed by atoms with Gasteiger partial charge in [0.2, 0.25) is 0 Å². The monoisotopic (exact) mass is 747 g/mol. The molecule has 0 bridgehead atoms. The van der Waals surface area contributed by atoms with Crippen molar-refractivity contribution < 1.29 is 5.11 Å². The molecule has 0 fully saturated rings. The van der Waals surface area contributed by atoms with E-state index in [1.165, 1.54) is 72.3 Å². The first-order chi connectivity index (χ1) is 27.0. The number of aryl methyl sites for hydroxylation is 6. The Morgan fingerprint density at radius 2 is 0.982 bits per heavy atom. The van der Waals surface area contributed by atoms with E-state index in [4.69, 9.17) is 5.11 Å². The number of aromatic hydroxyl groups is 1. The smallest absolute Gasteiger partial charge is 0.118 e. The van der Waals surface area contributed by atoms with Gasteiger partial charge in [-0.25, -0.2) is 0 Å². The average Bonchev–Trinajstić information content (AvgIpc) is 3.24. The van der Waals surface area contributed by atoms with Crippen LogP contribution in [0.25, 0.3) is 39.0 Å². The summed E-state index contributed by atoms with van der Waals surface area (Å²) in [6.07, 6.45) is 3.03. The number of hydrogen-bond donors (Lipinski definition) is 1. The molecule has 1 nitrogen and oxygen atoms in total. The van der Waals surface area contributed by atoms with Gasteiger partial charge in [0.25, 0.3) is 0 Å². The van der Waals surface area contributed by atoms with Gasteiger partial charge in [0.1, 0.15) is 5.75 Å². The fourth-order valence-corrected chi connectivity index (χ4v) is 5.94. The second kappa shape index (κ2) is 26.4. The van der Waals surface area contributed by atoms with Gasteiger partial charge in [-0.1, -0.05) is 188 Å². The third-order valence-corrected chi connectivity index (χ3v) is 9.22. The van der Waals surface area contributed by atoms with Crippen LogP contribution in [0.4, 0.5) is 0 Å². The summed E-state index contributed by atoms with van der Waals surface area (Å²) in [5.74, 6) is 0.384. The number of benzene rings is 6. The van der Waals surface area contributed by atoms with Gasteiger partial charge in [-0.2, -0.15) is 0 Å². The summed E-state index contributed by atoms with van der Waals surface area (Å²) in [6.45, 7) is 33.0. The SMILES string of the molecule is C=C/C(=C(/C)CC)c1cc(-c2ccc(C)c(-c3ccccc3C)c2)ccc1C.CC.CC.CC.Cc1ccc(C)c(O)c1.Cc1cccc(-c2ccccc2)c1. The van der Waals surface area contributed by atoms with Crippen molar-refractivity contribution >= 4 is 5.57 Å². The Labute approximate surface area is 342 Å². The molecule has 0 saturated heterocycles. The van der Waals surface area contributed by atoms with E-state index < -0.39 is 0 Å². The minimum absolute atomic E-state index is 0.384. The van der Waals surface area contributed by atoms with Crippen LogP contribution in [0.3, 0.4) is 0 Å². The van der Waals surface area contributed by atoms with E-state index in [1.807, 2.05) is 79.7 Å². The molecule has 296 valence electrons. The topological polar surface area (TPSA) is 20.2 Å². The highest BCUT2D eigenvalue weighted by atomic mass is 16.3. The van der Waals surface area contributed by atoms with Crippen LogP contribution in [0, 0.1) is 41.5 Å². The van der Waals surface area contributed by atoms with Gasteiger partial charge in [0, 0.05) is 0 Å². The normalized spacial score (nSPS) is 10.1. The van der Waals surface area contributed by atoms with E-state index in [1.54, 1.807) is 6.07 Å². The van der Waals surface area contributed by atoms with Crippen LogP contribution in [0.2, 0.25) is 0 Å². The fraction of sp³-hybridized carbons (Fsp3) is 0.273. The minimum atomic E-state index is 0.384. The van der Waals surface area contributed by atoms with Gasteiger partial charge in [-0.3, -0.25) is 0 Å². The number of phenolic OH excluding ortho intramolecular Hbond substituents is 1. The van der Waals surface area contributed by atoms with Crippen LogP contribution in [0.5, 0.6) is 5.75 Å². The highest BCUT2D eigenvalue weighted by Gasteiger charge is 2.11. The largest absolute Gasteiger partial charge is 0.508 e. The molecule has 0 aliphatic heterocycles. The summed E-state index contributed by atoms with van der Waals surface area (Å²) in [5.41, 5.74) is 18.8. The van der Waals surface area contributed by atoms with Crippen molar-refractivity contribution in [2.45, 2.75) is 103 Å². The fourth-order valence-electron chi connectivity index (χ4n) is 5.94. The highest BCUT2D eigenvalue weighted by Crippen LogP contribution is 2.34. The Bertz CT molecular complexity index is 2080. The molecule has 0 spiro atoms. The Balaban J connectivity index is 0.000000460. The molecule has 0 saturated carbocycles. The molecule has 0 heterocycles. The number of hydrogen-bond acceptors (Lipinski definition) is 1. The number of phenols is 1. The molecule has 6 rings (SSSR count). The van der Waals surface area contributed by atoms with Crippen LogP contribution in [0.1, 0.15) is 101 Å².